The van der Waals surface area contributed by atoms with Gasteiger partial charge in [-0.25, -0.2) is 0 Å². The number of rotatable bonds is 6. The maximum absolute atomic E-state index is 12.8. The summed E-state index contributed by atoms with van der Waals surface area (Å²) in [5, 5.41) is 0. The molecule has 0 atom stereocenters. The first-order valence-corrected chi connectivity index (χ1v) is 10.5. The third-order valence-electron chi connectivity index (χ3n) is 4.86. The molecule has 5 heteroatoms. The number of benzene rings is 2. The quantitative estimate of drug-likeness (QED) is 0.547. The van der Waals surface area contributed by atoms with E-state index in [1.165, 1.54) is 11.1 Å². The molecule has 28 heavy (non-hydrogen) atoms. The summed E-state index contributed by atoms with van der Waals surface area (Å²) in [5.41, 5.74) is 5.24. The van der Waals surface area contributed by atoms with Crippen LogP contribution in [0.1, 0.15) is 35.3 Å². The van der Waals surface area contributed by atoms with Crippen LogP contribution in [-0.4, -0.2) is 23.6 Å². The number of nitrogens with zero attached hydrogens (tertiary/aromatic N) is 3. The summed E-state index contributed by atoms with van der Waals surface area (Å²) in [6.07, 6.45) is 1.84. The summed E-state index contributed by atoms with van der Waals surface area (Å²) in [4.78, 5) is 20.2. The number of aryl methyl sites for hydroxylation is 2. The van der Waals surface area contributed by atoms with Crippen molar-refractivity contribution < 1.29 is 4.79 Å². The predicted octanol–water partition coefficient (Wildman–Crippen LogP) is 5.09. The molecule has 1 amide bonds. The van der Waals surface area contributed by atoms with Crippen LogP contribution in [0.4, 0.5) is 5.69 Å². The summed E-state index contributed by atoms with van der Waals surface area (Å²) in [6.45, 7) is 14.8. The van der Waals surface area contributed by atoms with Crippen molar-refractivity contribution in [1.82, 2.24) is 4.57 Å². The van der Waals surface area contributed by atoms with E-state index in [4.69, 9.17) is 0 Å². The van der Waals surface area contributed by atoms with Crippen molar-refractivity contribution in [2.24, 2.45) is 4.99 Å². The Bertz CT molecular complexity index is 1070. The van der Waals surface area contributed by atoms with E-state index in [1.807, 2.05) is 30.3 Å². The van der Waals surface area contributed by atoms with Gasteiger partial charge < -0.3 is 9.47 Å². The van der Waals surface area contributed by atoms with Gasteiger partial charge in [0.05, 0.1) is 10.2 Å². The van der Waals surface area contributed by atoms with Crippen LogP contribution in [0.15, 0.2) is 54.0 Å². The van der Waals surface area contributed by atoms with Crippen molar-refractivity contribution in [3.8, 4) is 0 Å². The Morgan fingerprint density at radius 1 is 1.18 bits per heavy atom. The molecule has 0 aliphatic heterocycles. The van der Waals surface area contributed by atoms with Crippen LogP contribution in [0.2, 0.25) is 0 Å². The number of hydrogen-bond acceptors (Lipinski definition) is 3. The third kappa shape index (κ3) is 3.94. The molecule has 0 N–H and O–H groups in total. The maximum Gasteiger partial charge on any atom is 0.279 e. The standard InChI is InChI=1S/C23H27N3OS/c1-6-13-26-21-17(5)14-16(4)15-20(21)28-23(26)24-22(27)18-9-11-19(12-10-18)25(7-2)8-3/h6,9-12,14-15H,1,7-8,13H2,2-5H3. The van der Waals surface area contributed by atoms with E-state index in [0.717, 1.165) is 29.0 Å². The van der Waals surface area contributed by atoms with Crippen LogP contribution in [0.3, 0.4) is 0 Å². The lowest BCUT2D eigenvalue weighted by molar-refractivity contribution is 0.0998. The van der Waals surface area contributed by atoms with E-state index >= 15 is 0 Å². The Labute approximate surface area is 170 Å². The normalized spacial score (nSPS) is 11.8. The molecule has 0 saturated carbocycles. The average Bonchev–Trinajstić information content (AvgIpc) is 3.00. The lowest BCUT2D eigenvalue weighted by Gasteiger charge is -2.20. The highest BCUT2D eigenvalue weighted by atomic mass is 32.1. The number of amides is 1. The number of allylic oxidation sites excluding steroid dienone is 1. The lowest BCUT2D eigenvalue weighted by atomic mass is 10.1. The zero-order chi connectivity index (χ0) is 20.3. The van der Waals surface area contributed by atoms with Gasteiger partial charge in [-0.3, -0.25) is 4.79 Å². The molecule has 3 aromatic rings. The number of anilines is 1. The molecule has 0 spiro atoms. The van der Waals surface area contributed by atoms with Crippen molar-refractivity contribution in [1.29, 1.82) is 0 Å². The first-order chi connectivity index (χ1) is 13.5. The van der Waals surface area contributed by atoms with Gasteiger partial charge in [0, 0.05) is 30.9 Å². The number of fused-ring (bicyclic) bond motifs is 1. The van der Waals surface area contributed by atoms with Crippen molar-refractivity contribution in [2.75, 3.05) is 18.0 Å². The van der Waals surface area contributed by atoms with Gasteiger partial charge in [0.2, 0.25) is 0 Å². The Morgan fingerprint density at radius 2 is 1.86 bits per heavy atom. The summed E-state index contributed by atoms with van der Waals surface area (Å²) in [7, 11) is 0. The molecule has 2 aromatic carbocycles. The molecule has 1 aromatic heterocycles. The molecule has 0 saturated heterocycles. The molecular weight excluding hydrogens is 366 g/mol. The summed E-state index contributed by atoms with van der Waals surface area (Å²) >= 11 is 1.55. The average molecular weight is 394 g/mol. The predicted molar refractivity (Wildman–Crippen MR) is 119 cm³/mol. The van der Waals surface area contributed by atoms with Crippen LogP contribution in [0, 0.1) is 13.8 Å². The Morgan fingerprint density at radius 3 is 2.46 bits per heavy atom. The molecule has 146 valence electrons. The second-order valence-corrected chi connectivity index (χ2v) is 7.86. The minimum Gasteiger partial charge on any atom is -0.372 e. The van der Waals surface area contributed by atoms with Gasteiger partial charge in [0.1, 0.15) is 0 Å². The molecule has 0 bridgehead atoms. The van der Waals surface area contributed by atoms with Crippen LogP contribution in [0.5, 0.6) is 0 Å². The van der Waals surface area contributed by atoms with E-state index < -0.39 is 0 Å². The Hall–Kier alpha value is -2.66. The summed E-state index contributed by atoms with van der Waals surface area (Å²) in [5.74, 6) is -0.218. The van der Waals surface area contributed by atoms with Gasteiger partial charge >= 0.3 is 0 Å². The SMILES string of the molecule is C=CCn1c(=NC(=O)c2ccc(N(CC)CC)cc2)sc2cc(C)cc(C)c21. The monoisotopic (exact) mass is 393 g/mol. The second kappa shape index (κ2) is 8.57. The van der Waals surface area contributed by atoms with Crippen molar-refractivity contribution >= 4 is 33.1 Å². The highest BCUT2D eigenvalue weighted by Gasteiger charge is 2.11. The zero-order valence-corrected chi connectivity index (χ0v) is 17.8. The fourth-order valence-electron chi connectivity index (χ4n) is 3.53. The zero-order valence-electron chi connectivity index (χ0n) is 17.0. The van der Waals surface area contributed by atoms with E-state index in [2.05, 4.69) is 60.9 Å². The molecule has 3 rings (SSSR count). The number of carbonyl (C=O) groups excluding carboxylic acids is 1. The molecule has 0 unspecified atom stereocenters. The minimum atomic E-state index is -0.218. The topological polar surface area (TPSA) is 37.6 Å². The van der Waals surface area contributed by atoms with Crippen molar-refractivity contribution in [3.05, 3.63) is 70.5 Å². The van der Waals surface area contributed by atoms with Gasteiger partial charge in [0.15, 0.2) is 4.80 Å². The molecule has 0 aliphatic rings. The highest BCUT2D eigenvalue weighted by Crippen LogP contribution is 2.23. The number of aromatic nitrogens is 1. The van der Waals surface area contributed by atoms with Gasteiger partial charge in [0.25, 0.3) is 5.91 Å². The number of carbonyl (C=O) groups is 1. The lowest BCUT2D eigenvalue weighted by Crippen LogP contribution is -2.21. The van der Waals surface area contributed by atoms with Crippen LogP contribution in [0.25, 0.3) is 10.2 Å². The molecule has 4 nitrogen and oxygen atoms in total. The van der Waals surface area contributed by atoms with Crippen molar-refractivity contribution in [2.45, 2.75) is 34.2 Å². The second-order valence-electron chi connectivity index (χ2n) is 6.85. The molecular formula is C23H27N3OS. The minimum absolute atomic E-state index is 0.218. The molecule has 0 aliphatic carbocycles. The Kier molecular flexibility index (Phi) is 6.15. The molecule has 1 heterocycles. The first kappa shape index (κ1) is 20.1. The van der Waals surface area contributed by atoms with Gasteiger partial charge in [-0.05, 0) is 69.2 Å². The molecule has 0 fully saturated rings. The van der Waals surface area contributed by atoms with Crippen molar-refractivity contribution in [3.63, 3.8) is 0 Å². The third-order valence-corrected chi connectivity index (χ3v) is 5.89. The van der Waals surface area contributed by atoms with Gasteiger partial charge in [-0.2, -0.15) is 4.99 Å². The summed E-state index contributed by atoms with van der Waals surface area (Å²) in [6, 6.07) is 12.0. The maximum atomic E-state index is 12.8. The highest BCUT2D eigenvalue weighted by molar-refractivity contribution is 7.16. The van der Waals surface area contributed by atoms with E-state index in [9.17, 15) is 4.79 Å². The van der Waals surface area contributed by atoms with E-state index in [1.54, 1.807) is 11.3 Å². The fraction of sp³-hybridized carbons (Fsp3) is 0.304. The van der Waals surface area contributed by atoms with Gasteiger partial charge in [-0.1, -0.05) is 23.5 Å². The molecule has 0 radical (unpaired) electrons. The van der Waals surface area contributed by atoms with Crippen LogP contribution < -0.4 is 9.70 Å². The summed E-state index contributed by atoms with van der Waals surface area (Å²) < 4.78 is 3.21. The smallest absolute Gasteiger partial charge is 0.279 e. The van der Waals surface area contributed by atoms with E-state index in [-0.39, 0.29) is 5.91 Å². The largest absolute Gasteiger partial charge is 0.372 e. The number of hydrogen-bond donors (Lipinski definition) is 0. The number of thiazole rings is 1. The first-order valence-electron chi connectivity index (χ1n) is 9.64. The van der Waals surface area contributed by atoms with Crippen LogP contribution >= 0.6 is 11.3 Å². The van der Waals surface area contributed by atoms with E-state index in [0.29, 0.717) is 16.9 Å². The van der Waals surface area contributed by atoms with Gasteiger partial charge in [-0.15, -0.1) is 6.58 Å². The van der Waals surface area contributed by atoms with Crippen LogP contribution in [-0.2, 0) is 6.54 Å². The Balaban J connectivity index is 2.04. The fourth-order valence-corrected chi connectivity index (χ4v) is 4.74.